The summed E-state index contributed by atoms with van der Waals surface area (Å²) in [6.07, 6.45) is 6.95. The van der Waals surface area contributed by atoms with Crippen LogP contribution in [0.3, 0.4) is 0 Å². The van der Waals surface area contributed by atoms with Crippen LogP contribution in [0.15, 0.2) is 38.6 Å². The third-order valence-electron chi connectivity index (χ3n) is 5.79. The van der Waals surface area contributed by atoms with Crippen molar-refractivity contribution in [3.63, 3.8) is 0 Å². The largest absolute Gasteiger partial charge is 0.416 e. The highest BCUT2D eigenvalue weighted by atomic mass is 32.2. The van der Waals surface area contributed by atoms with Crippen LogP contribution in [0.1, 0.15) is 65.3 Å². The molecule has 0 radical (unpaired) electrons. The van der Waals surface area contributed by atoms with E-state index in [9.17, 15) is 4.79 Å². The molecule has 0 spiro atoms. The molecule has 152 valence electrons. The first-order valence-corrected chi connectivity index (χ1v) is 12.9. The summed E-state index contributed by atoms with van der Waals surface area (Å²) in [5, 5.41) is 13.2. The zero-order valence-electron chi connectivity index (χ0n) is 16.1. The molecule has 3 aromatic rings. The summed E-state index contributed by atoms with van der Waals surface area (Å²) in [5.41, 5.74) is 1.28. The van der Waals surface area contributed by atoms with Crippen molar-refractivity contribution in [1.29, 1.82) is 0 Å². The van der Waals surface area contributed by atoms with Crippen LogP contribution in [0.2, 0.25) is 0 Å². The molecule has 3 aromatic heterocycles. The van der Waals surface area contributed by atoms with Gasteiger partial charge in [-0.1, -0.05) is 37.1 Å². The van der Waals surface area contributed by atoms with Gasteiger partial charge in [-0.3, -0.25) is 4.79 Å². The molecule has 1 atom stereocenters. The number of aromatic nitrogens is 2. The van der Waals surface area contributed by atoms with Gasteiger partial charge >= 0.3 is 0 Å². The molecule has 0 bridgehead atoms. The van der Waals surface area contributed by atoms with E-state index in [2.05, 4.69) is 39.2 Å². The van der Waals surface area contributed by atoms with Gasteiger partial charge in [-0.25, -0.2) is 0 Å². The van der Waals surface area contributed by atoms with Crippen molar-refractivity contribution in [2.24, 2.45) is 0 Å². The van der Waals surface area contributed by atoms with E-state index >= 15 is 0 Å². The van der Waals surface area contributed by atoms with E-state index in [4.69, 9.17) is 4.42 Å². The number of fused-ring (bicyclic) bond motifs is 1. The average molecular weight is 446 g/mol. The standard InChI is InChI=1S/C21H23N3O2S3/c25-18(13-29-21-23-22-20(26-21)14-5-2-1-3-6-14)24-10-8-16-15(9-12-28-16)19(24)17-7-4-11-27-17/h4,7,9,11-12,14,19H,1-3,5-6,8,10,13H2/t19-/m0/s1. The predicted molar refractivity (Wildman–Crippen MR) is 117 cm³/mol. The second-order valence-corrected chi connectivity index (χ2v) is 10.5. The molecule has 0 N–H and O–H groups in total. The smallest absolute Gasteiger partial charge is 0.277 e. The number of amides is 1. The lowest BCUT2D eigenvalue weighted by atomic mass is 9.89. The van der Waals surface area contributed by atoms with Gasteiger partial charge < -0.3 is 9.32 Å². The molecule has 0 saturated heterocycles. The summed E-state index contributed by atoms with van der Waals surface area (Å²) in [6, 6.07) is 6.39. The Balaban J connectivity index is 1.27. The first-order valence-electron chi connectivity index (χ1n) is 10.1. The van der Waals surface area contributed by atoms with E-state index in [1.807, 2.05) is 4.90 Å². The summed E-state index contributed by atoms with van der Waals surface area (Å²) in [7, 11) is 0. The molecular weight excluding hydrogens is 422 g/mol. The first kappa shape index (κ1) is 19.3. The van der Waals surface area contributed by atoms with Gasteiger partial charge in [0, 0.05) is 22.2 Å². The molecule has 1 saturated carbocycles. The lowest BCUT2D eigenvalue weighted by Gasteiger charge is -2.35. The minimum atomic E-state index is 0.0265. The predicted octanol–water partition coefficient (Wildman–Crippen LogP) is 5.51. The number of hydrogen-bond donors (Lipinski definition) is 0. The molecule has 29 heavy (non-hydrogen) atoms. The molecule has 5 nitrogen and oxygen atoms in total. The lowest BCUT2D eigenvalue weighted by Crippen LogP contribution is -2.40. The highest BCUT2D eigenvalue weighted by molar-refractivity contribution is 7.99. The van der Waals surface area contributed by atoms with E-state index in [1.54, 1.807) is 22.7 Å². The lowest BCUT2D eigenvalue weighted by molar-refractivity contribution is -0.130. The Morgan fingerprint density at radius 3 is 2.90 bits per heavy atom. The molecule has 1 aliphatic heterocycles. The summed E-state index contributed by atoms with van der Waals surface area (Å²) < 4.78 is 5.88. The van der Waals surface area contributed by atoms with Crippen LogP contribution in [-0.2, 0) is 11.2 Å². The van der Waals surface area contributed by atoms with E-state index in [0.717, 1.165) is 31.7 Å². The van der Waals surface area contributed by atoms with Crippen LogP contribution in [0.4, 0.5) is 0 Å². The first-order chi connectivity index (χ1) is 14.3. The quantitative estimate of drug-likeness (QED) is 0.485. The fraction of sp³-hybridized carbons (Fsp3) is 0.476. The molecule has 0 unspecified atom stereocenters. The number of hydrogen-bond acceptors (Lipinski definition) is 7. The van der Waals surface area contributed by atoms with Crippen molar-refractivity contribution < 1.29 is 9.21 Å². The van der Waals surface area contributed by atoms with E-state index < -0.39 is 0 Å². The van der Waals surface area contributed by atoms with Gasteiger partial charge in [0.25, 0.3) is 5.22 Å². The van der Waals surface area contributed by atoms with Crippen LogP contribution in [-0.4, -0.2) is 33.3 Å². The Kier molecular flexibility index (Phi) is 5.74. The van der Waals surface area contributed by atoms with Crippen molar-refractivity contribution in [3.8, 4) is 0 Å². The maximum Gasteiger partial charge on any atom is 0.277 e. The molecule has 2 aliphatic rings. The fourth-order valence-corrected chi connectivity index (χ4v) is 6.75. The van der Waals surface area contributed by atoms with Gasteiger partial charge in [0.05, 0.1) is 11.8 Å². The van der Waals surface area contributed by atoms with Gasteiger partial charge in [-0.15, -0.1) is 32.9 Å². The third-order valence-corrected chi connectivity index (χ3v) is 8.52. The second kappa shape index (κ2) is 8.62. The Morgan fingerprint density at radius 2 is 2.07 bits per heavy atom. The number of carbonyl (C=O) groups is 1. The summed E-state index contributed by atoms with van der Waals surface area (Å²) in [6.45, 7) is 0.757. The molecule has 4 heterocycles. The normalized spacial score (nSPS) is 20.0. The Labute approximate surface area is 182 Å². The Bertz CT molecular complexity index is 960. The summed E-state index contributed by atoms with van der Waals surface area (Å²) in [5.74, 6) is 1.59. The van der Waals surface area contributed by atoms with Crippen molar-refractivity contribution in [2.75, 3.05) is 12.3 Å². The highest BCUT2D eigenvalue weighted by Crippen LogP contribution is 2.40. The van der Waals surface area contributed by atoms with Crippen LogP contribution in [0, 0.1) is 0 Å². The number of rotatable bonds is 5. The molecular formula is C21H23N3O2S3. The second-order valence-electron chi connectivity index (χ2n) is 7.58. The molecule has 0 aromatic carbocycles. The number of carbonyl (C=O) groups excluding carboxylic acids is 1. The van der Waals surface area contributed by atoms with Crippen LogP contribution < -0.4 is 0 Å². The maximum absolute atomic E-state index is 13.1. The third kappa shape index (κ3) is 4.02. The Morgan fingerprint density at radius 1 is 1.17 bits per heavy atom. The van der Waals surface area contributed by atoms with Crippen molar-refractivity contribution in [1.82, 2.24) is 15.1 Å². The number of thiophene rings is 2. The summed E-state index contributed by atoms with van der Waals surface area (Å²) in [4.78, 5) is 17.8. The monoisotopic (exact) mass is 445 g/mol. The number of thioether (sulfide) groups is 1. The Hall–Kier alpha value is -1.64. The molecule has 5 rings (SSSR count). The van der Waals surface area contributed by atoms with Gasteiger partial charge in [-0.2, -0.15) is 0 Å². The van der Waals surface area contributed by atoms with Crippen LogP contribution in [0.25, 0.3) is 0 Å². The average Bonchev–Trinajstić information content (AvgIpc) is 3.53. The van der Waals surface area contributed by atoms with E-state index in [1.165, 1.54) is 46.3 Å². The van der Waals surface area contributed by atoms with Crippen molar-refractivity contribution in [2.45, 2.75) is 55.7 Å². The molecule has 1 fully saturated rings. The topological polar surface area (TPSA) is 59.2 Å². The zero-order chi connectivity index (χ0) is 19.6. The minimum Gasteiger partial charge on any atom is -0.416 e. The minimum absolute atomic E-state index is 0.0265. The van der Waals surface area contributed by atoms with E-state index in [-0.39, 0.29) is 11.9 Å². The van der Waals surface area contributed by atoms with Gasteiger partial charge in [0.1, 0.15) is 0 Å². The highest BCUT2D eigenvalue weighted by Gasteiger charge is 2.33. The molecule has 1 amide bonds. The zero-order valence-corrected chi connectivity index (χ0v) is 18.5. The van der Waals surface area contributed by atoms with Crippen LogP contribution >= 0.6 is 34.4 Å². The summed E-state index contributed by atoms with van der Waals surface area (Å²) >= 11 is 4.87. The maximum atomic E-state index is 13.1. The van der Waals surface area contributed by atoms with Crippen molar-refractivity contribution in [3.05, 3.63) is 50.2 Å². The SMILES string of the molecule is O=C(CSc1nnc(C2CCCCC2)o1)N1CCc2sccc2[C@H]1c1cccs1. The molecule has 1 aliphatic carbocycles. The van der Waals surface area contributed by atoms with Crippen molar-refractivity contribution >= 4 is 40.3 Å². The molecule has 8 heteroatoms. The van der Waals surface area contributed by atoms with E-state index in [0.29, 0.717) is 16.9 Å². The fourth-order valence-electron chi connectivity index (χ4n) is 4.34. The van der Waals surface area contributed by atoms with Gasteiger partial charge in [-0.05, 0) is 47.7 Å². The van der Waals surface area contributed by atoms with Gasteiger partial charge in [0.15, 0.2) is 0 Å². The van der Waals surface area contributed by atoms with Gasteiger partial charge in [0.2, 0.25) is 11.8 Å². The van der Waals surface area contributed by atoms with Crippen LogP contribution in [0.5, 0.6) is 0 Å². The number of nitrogens with zero attached hydrogens (tertiary/aromatic N) is 3.